The minimum Gasteiger partial charge on any atom is -0.492 e. The Kier molecular flexibility index (Phi) is 6.62. The van der Waals surface area contributed by atoms with Gasteiger partial charge in [0.2, 0.25) is 0 Å². The van der Waals surface area contributed by atoms with Crippen LogP contribution in [0.1, 0.15) is 44.7 Å². The Bertz CT molecular complexity index is 462. The molecule has 0 radical (unpaired) electrons. The molecule has 0 saturated carbocycles. The average Bonchev–Trinajstić information content (AvgIpc) is 2.50. The van der Waals surface area contributed by atoms with Gasteiger partial charge in [-0.1, -0.05) is 30.1 Å². The van der Waals surface area contributed by atoms with Crippen molar-refractivity contribution in [1.82, 2.24) is 5.32 Å². The van der Waals surface area contributed by atoms with Crippen molar-refractivity contribution in [1.29, 1.82) is 0 Å². The summed E-state index contributed by atoms with van der Waals surface area (Å²) in [4.78, 5) is 0. The minimum atomic E-state index is 0.0657. The third-order valence-corrected chi connectivity index (χ3v) is 4.32. The molecule has 0 bridgehead atoms. The third kappa shape index (κ3) is 4.26. The quantitative estimate of drug-likeness (QED) is 0.825. The van der Waals surface area contributed by atoms with Gasteiger partial charge in [0.25, 0.3) is 0 Å². The Labute approximate surface area is 136 Å². The van der Waals surface area contributed by atoms with Gasteiger partial charge in [0.1, 0.15) is 5.75 Å². The Hall–Kier alpha value is -0.480. The molecule has 0 amide bonds. The van der Waals surface area contributed by atoms with Gasteiger partial charge in [0, 0.05) is 17.7 Å². The zero-order valence-corrected chi connectivity index (χ0v) is 14.1. The molecule has 0 aliphatic carbocycles. The predicted molar refractivity (Wildman–Crippen MR) is 87.6 cm³/mol. The van der Waals surface area contributed by atoms with Gasteiger partial charge in [-0.05, 0) is 44.4 Å². The second kappa shape index (κ2) is 8.23. The van der Waals surface area contributed by atoms with Crippen molar-refractivity contribution >= 4 is 23.2 Å². The first kappa shape index (κ1) is 16.9. The van der Waals surface area contributed by atoms with Crippen molar-refractivity contribution in [2.75, 3.05) is 19.8 Å². The number of nitrogens with one attached hydrogen (secondary N) is 1. The fourth-order valence-corrected chi connectivity index (χ4v) is 3.24. The zero-order chi connectivity index (χ0) is 15.2. The molecule has 1 fully saturated rings. The van der Waals surface area contributed by atoms with Crippen LogP contribution in [0.5, 0.6) is 5.75 Å². The van der Waals surface area contributed by atoms with E-state index < -0.39 is 0 Å². The highest BCUT2D eigenvalue weighted by molar-refractivity contribution is 6.34. The highest BCUT2D eigenvalue weighted by atomic mass is 35.5. The Morgan fingerprint density at radius 2 is 2.10 bits per heavy atom. The van der Waals surface area contributed by atoms with Crippen LogP contribution in [0.3, 0.4) is 0 Å². The van der Waals surface area contributed by atoms with E-state index in [0.29, 0.717) is 22.4 Å². The second-order valence-electron chi connectivity index (χ2n) is 5.18. The smallest absolute Gasteiger partial charge is 0.139 e. The first-order valence-electron chi connectivity index (χ1n) is 7.64. The molecule has 1 N–H and O–H groups in total. The predicted octanol–water partition coefficient (Wildman–Crippen LogP) is 4.61. The van der Waals surface area contributed by atoms with Crippen LogP contribution in [0, 0.1) is 0 Å². The summed E-state index contributed by atoms with van der Waals surface area (Å²) in [6, 6.07) is 3.77. The maximum Gasteiger partial charge on any atom is 0.139 e. The lowest BCUT2D eigenvalue weighted by molar-refractivity contribution is -0.00785. The molecule has 3 nitrogen and oxygen atoms in total. The van der Waals surface area contributed by atoms with E-state index in [1.807, 2.05) is 13.0 Å². The summed E-state index contributed by atoms with van der Waals surface area (Å²) in [7, 11) is 0. The third-order valence-electron chi connectivity index (χ3n) is 3.70. The molecule has 2 atom stereocenters. The summed E-state index contributed by atoms with van der Waals surface area (Å²) in [6.07, 6.45) is 3.51. The van der Waals surface area contributed by atoms with E-state index in [4.69, 9.17) is 32.7 Å². The molecule has 2 rings (SSSR count). The maximum absolute atomic E-state index is 6.45. The topological polar surface area (TPSA) is 30.5 Å². The highest BCUT2D eigenvalue weighted by Gasteiger charge is 2.27. The first-order chi connectivity index (χ1) is 10.2. The van der Waals surface area contributed by atoms with E-state index in [1.54, 1.807) is 6.07 Å². The number of likely N-dealkylation sites (N-methyl/N-ethyl adjacent to an activating group) is 1. The Morgan fingerprint density at radius 3 is 2.71 bits per heavy atom. The van der Waals surface area contributed by atoms with Gasteiger partial charge >= 0.3 is 0 Å². The molecule has 1 saturated heterocycles. The summed E-state index contributed by atoms with van der Waals surface area (Å²) >= 11 is 12.8. The molecular weight excluding hydrogens is 309 g/mol. The molecule has 118 valence electrons. The van der Waals surface area contributed by atoms with Gasteiger partial charge in [-0.2, -0.15) is 0 Å². The monoisotopic (exact) mass is 331 g/mol. The summed E-state index contributed by atoms with van der Waals surface area (Å²) in [5, 5.41) is 4.74. The summed E-state index contributed by atoms with van der Waals surface area (Å²) in [6.45, 7) is 6.24. The fourth-order valence-electron chi connectivity index (χ4n) is 2.74. The summed E-state index contributed by atoms with van der Waals surface area (Å²) in [5.41, 5.74) is 0.985. The average molecular weight is 332 g/mol. The van der Waals surface area contributed by atoms with E-state index in [1.165, 1.54) is 6.42 Å². The molecule has 1 heterocycles. The molecule has 1 aromatic carbocycles. The normalized spacial score (nSPS) is 20.3. The molecule has 1 aliphatic heterocycles. The van der Waals surface area contributed by atoms with Crippen molar-refractivity contribution in [3.8, 4) is 5.75 Å². The number of hydrogen-bond donors (Lipinski definition) is 1. The van der Waals surface area contributed by atoms with Gasteiger partial charge in [0.15, 0.2) is 0 Å². The number of ether oxygens (including phenoxy) is 2. The lowest BCUT2D eigenvalue weighted by atomic mass is 9.95. The molecule has 1 aromatic rings. The molecular formula is C16H23Cl2NO2. The van der Waals surface area contributed by atoms with Crippen LogP contribution in [0.15, 0.2) is 12.1 Å². The Morgan fingerprint density at radius 1 is 1.29 bits per heavy atom. The molecule has 21 heavy (non-hydrogen) atoms. The van der Waals surface area contributed by atoms with Crippen LogP contribution in [0.4, 0.5) is 0 Å². The van der Waals surface area contributed by atoms with Gasteiger partial charge in [-0.15, -0.1) is 0 Å². The first-order valence-corrected chi connectivity index (χ1v) is 8.39. The molecule has 1 aliphatic rings. The standard InChI is InChI=1S/C16H23Cl2NO2/c1-3-19-16(14-7-5-6-8-21-14)11-9-13(18)15(20-4-2)10-12(11)17/h9-10,14,16,19H,3-8H2,1-2H3. The van der Waals surface area contributed by atoms with Gasteiger partial charge < -0.3 is 14.8 Å². The van der Waals surface area contributed by atoms with E-state index in [9.17, 15) is 0 Å². The molecule has 2 unspecified atom stereocenters. The van der Waals surface area contributed by atoms with Crippen molar-refractivity contribution < 1.29 is 9.47 Å². The number of halogens is 2. The second-order valence-corrected chi connectivity index (χ2v) is 5.99. The van der Waals surface area contributed by atoms with E-state index in [0.717, 1.165) is 31.6 Å². The zero-order valence-electron chi connectivity index (χ0n) is 12.6. The van der Waals surface area contributed by atoms with E-state index in [2.05, 4.69) is 12.2 Å². The Balaban J connectivity index is 2.28. The van der Waals surface area contributed by atoms with Crippen LogP contribution in [-0.2, 0) is 4.74 Å². The molecule has 5 heteroatoms. The minimum absolute atomic E-state index is 0.0657. The van der Waals surface area contributed by atoms with E-state index >= 15 is 0 Å². The van der Waals surface area contributed by atoms with Crippen LogP contribution in [-0.4, -0.2) is 25.9 Å². The van der Waals surface area contributed by atoms with Crippen molar-refractivity contribution in [3.05, 3.63) is 27.7 Å². The SMILES string of the molecule is CCNC(c1cc(Cl)c(OCC)cc1Cl)C1CCCCO1. The van der Waals surface area contributed by atoms with Crippen molar-refractivity contribution in [2.24, 2.45) is 0 Å². The lowest BCUT2D eigenvalue weighted by Crippen LogP contribution is -2.36. The number of rotatable bonds is 6. The fraction of sp³-hybridized carbons (Fsp3) is 0.625. The van der Waals surface area contributed by atoms with Crippen LogP contribution < -0.4 is 10.1 Å². The summed E-state index contributed by atoms with van der Waals surface area (Å²) < 4.78 is 11.4. The lowest BCUT2D eigenvalue weighted by Gasteiger charge is -2.32. The number of hydrogen-bond acceptors (Lipinski definition) is 3. The van der Waals surface area contributed by atoms with Crippen LogP contribution in [0.2, 0.25) is 10.0 Å². The largest absolute Gasteiger partial charge is 0.492 e. The van der Waals surface area contributed by atoms with Crippen molar-refractivity contribution in [2.45, 2.75) is 45.3 Å². The van der Waals surface area contributed by atoms with Crippen molar-refractivity contribution in [3.63, 3.8) is 0 Å². The van der Waals surface area contributed by atoms with Gasteiger partial charge in [-0.25, -0.2) is 0 Å². The van der Waals surface area contributed by atoms with Gasteiger partial charge in [0.05, 0.1) is 23.8 Å². The van der Waals surface area contributed by atoms with Crippen LogP contribution >= 0.6 is 23.2 Å². The molecule has 0 spiro atoms. The molecule has 0 aromatic heterocycles. The maximum atomic E-state index is 6.45. The number of benzene rings is 1. The summed E-state index contributed by atoms with van der Waals surface area (Å²) in [5.74, 6) is 0.632. The van der Waals surface area contributed by atoms with E-state index in [-0.39, 0.29) is 12.1 Å². The highest BCUT2D eigenvalue weighted by Crippen LogP contribution is 2.37. The van der Waals surface area contributed by atoms with Crippen LogP contribution in [0.25, 0.3) is 0 Å². The van der Waals surface area contributed by atoms with Gasteiger partial charge in [-0.3, -0.25) is 0 Å².